The number of fused-ring (bicyclic) bond motifs is 1. The molecule has 138 valence electrons. The molecule has 0 unspecified atom stereocenters. The average Bonchev–Trinajstić information content (AvgIpc) is 2.73. The zero-order valence-corrected chi connectivity index (χ0v) is 15.0. The second-order valence-corrected chi connectivity index (χ2v) is 6.31. The van der Waals surface area contributed by atoms with Crippen LogP contribution in [0, 0.1) is 0 Å². The van der Waals surface area contributed by atoms with E-state index in [0.717, 1.165) is 16.7 Å². The van der Waals surface area contributed by atoms with Crippen molar-refractivity contribution in [2.75, 3.05) is 11.5 Å². The maximum Gasteiger partial charge on any atom is 0.339 e. The van der Waals surface area contributed by atoms with E-state index < -0.39 is 0 Å². The van der Waals surface area contributed by atoms with Gasteiger partial charge >= 0.3 is 5.97 Å². The Kier molecular flexibility index (Phi) is 4.60. The van der Waals surface area contributed by atoms with Crippen molar-refractivity contribution in [3.8, 4) is 11.1 Å². The van der Waals surface area contributed by atoms with Crippen molar-refractivity contribution < 1.29 is 9.53 Å². The Balaban J connectivity index is 1.57. The number of nitrogens with zero attached hydrogens (tertiary/aromatic N) is 2. The molecule has 0 spiro atoms. The van der Waals surface area contributed by atoms with Gasteiger partial charge in [-0.1, -0.05) is 54.6 Å². The number of benzene rings is 3. The van der Waals surface area contributed by atoms with Gasteiger partial charge in [0.2, 0.25) is 5.95 Å². The van der Waals surface area contributed by atoms with E-state index in [0.29, 0.717) is 22.3 Å². The lowest BCUT2D eigenvalue weighted by atomic mass is 10.00. The maximum atomic E-state index is 12.7. The summed E-state index contributed by atoms with van der Waals surface area (Å²) in [6.07, 6.45) is 0. The van der Waals surface area contributed by atoms with Gasteiger partial charge in [-0.05, 0) is 34.9 Å². The predicted octanol–water partition coefficient (Wildman–Crippen LogP) is 3.82. The highest BCUT2D eigenvalue weighted by atomic mass is 16.5. The van der Waals surface area contributed by atoms with Crippen LogP contribution in [0.15, 0.2) is 72.8 Å². The number of nitrogen functional groups attached to an aromatic ring is 2. The number of ether oxygens (including phenoxy) is 1. The minimum atomic E-state index is -0.388. The molecule has 3 aromatic carbocycles. The van der Waals surface area contributed by atoms with Crippen molar-refractivity contribution in [1.82, 2.24) is 9.97 Å². The number of hydrogen-bond donors (Lipinski definition) is 2. The van der Waals surface area contributed by atoms with Crippen LogP contribution in [-0.2, 0) is 11.3 Å². The molecule has 0 saturated heterocycles. The van der Waals surface area contributed by atoms with Crippen molar-refractivity contribution in [2.24, 2.45) is 0 Å². The fourth-order valence-corrected chi connectivity index (χ4v) is 3.06. The highest BCUT2D eigenvalue weighted by molar-refractivity contribution is 5.97. The SMILES string of the molecule is Nc1nc(N)c2cc(COC(=O)c3ccccc3-c3ccccc3)ccc2n1. The molecule has 0 aliphatic carbocycles. The minimum absolute atomic E-state index is 0.113. The third-order valence-electron chi connectivity index (χ3n) is 4.41. The molecule has 1 aromatic heterocycles. The molecule has 4 N–H and O–H groups in total. The van der Waals surface area contributed by atoms with Gasteiger partial charge in [0.05, 0.1) is 11.1 Å². The van der Waals surface area contributed by atoms with Gasteiger partial charge in [0.1, 0.15) is 12.4 Å². The molecule has 0 aliphatic heterocycles. The first-order valence-corrected chi connectivity index (χ1v) is 8.75. The van der Waals surface area contributed by atoms with Crippen LogP contribution in [-0.4, -0.2) is 15.9 Å². The number of carbonyl (C=O) groups is 1. The number of nitrogens with two attached hydrogens (primary N) is 2. The molecule has 0 saturated carbocycles. The maximum absolute atomic E-state index is 12.7. The zero-order valence-electron chi connectivity index (χ0n) is 15.0. The molecule has 4 rings (SSSR count). The molecule has 0 aliphatic rings. The summed E-state index contributed by atoms with van der Waals surface area (Å²) in [4.78, 5) is 20.8. The van der Waals surface area contributed by atoms with Gasteiger partial charge in [-0.25, -0.2) is 9.78 Å². The third kappa shape index (κ3) is 3.48. The Morgan fingerprint density at radius 2 is 1.64 bits per heavy atom. The first-order chi connectivity index (χ1) is 13.6. The highest BCUT2D eigenvalue weighted by Gasteiger charge is 2.14. The molecule has 6 nitrogen and oxygen atoms in total. The van der Waals surface area contributed by atoms with E-state index in [4.69, 9.17) is 16.2 Å². The van der Waals surface area contributed by atoms with Crippen LogP contribution in [0.25, 0.3) is 22.0 Å². The van der Waals surface area contributed by atoms with Crippen LogP contribution < -0.4 is 11.5 Å². The Morgan fingerprint density at radius 3 is 2.46 bits per heavy atom. The van der Waals surface area contributed by atoms with Gasteiger partial charge < -0.3 is 16.2 Å². The summed E-state index contributed by atoms with van der Waals surface area (Å²) < 4.78 is 5.54. The number of hydrogen-bond acceptors (Lipinski definition) is 6. The molecule has 28 heavy (non-hydrogen) atoms. The largest absolute Gasteiger partial charge is 0.457 e. The van der Waals surface area contributed by atoms with Crippen molar-refractivity contribution >= 4 is 28.6 Å². The fraction of sp³-hybridized carbons (Fsp3) is 0.0455. The Hall–Kier alpha value is -3.93. The molecule has 4 aromatic rings. The second-order valence-electron chi connectivity index (χ2n) is 6.31. The molecule has 0 atom stereocenters. The average molecular weight is 370 g/mol. The molecule has 1 heterocycles. The quantitative estimate of drug-likeness (QED) is 0.529. The van der Waals surface area contributed by atoms with Crippen LogP contribution in [0.1, 0.15) is 15.9 Å². The monoisotopic (exact) mass is 370 g/mol. The molecular weight excluding hydrogens is 352 g/mol. The van der Waals surface area contributed by atoms with Gasteiger partial charge in [0.15, 0.2) is 0 Å². The van der Waals surface area contributed by atoms with E-state index in [1.54, 1.807) is 18.2 Å². The first kappa shape index (κ1) is 17.5. The van der Waals surface area contributed by atoms with Crippen LogP contribution in [0.2, 0.25) is 0 Å². The number of esters is 1. The second kappa shape index (κ2) is 7.36. The van der Waals surface area contributed by atoms with Crippen molar-refractivity contribution in [3.63, 3.8) is 0 Å². The highest BCUT2D eigenvalue weighted by Crippen LogP contribution is 2.25. The molecule has 0 amide bonds. The molecule has 0 bridgehead atoms. The number of anilines is 2. The summed E-state index contributed by atoms with van der Waals surface area (Å²) in [6.45, 7) is 0.113. The van der Waals surface area contributed by atoms with Crippen molar-refractivity contribution in [3.05, 3.63) is 83.9 Å². The Morgan fingerprint density at radius 1 is 0.893 bits per heavy atom. The zero-order chi connectivity index (χ0) is 19.5. The number of rotatable bonds is 4. The lowest BCUT2D eigenvalue weighted by Crippen LogP contribution is -2.07. The van der Waals surface area contributed by atoms with Gasteiger partial charge in [0, 0.05) is 5.39 Å². The number of carbonyl (C=O) groups excluding carboxylic acids is 1. The topological polar surface area (TPSA) is 104 Å². The third-order valence-corrected chi connectivity index (χ3v) is 4.41. The van der Waals surface area contributed by atoms with E-state index in [1.165, 1.54) is 0 Å². The van der Waals surface area contributed by atoms with E-state index in [9.17, 15) is 4.79 Å². The summed E-state index contributed by atoms with van der Waals surface area (Å²) in [6, 6.07) is 22.5. The predicted molar refractivity (Wildman–Crippen MR) is 109 cm³/mol. The normalized spacial score (nSPS) is 10.7. The van der Waals surface area contributed by atoms with Crippen LogP contribution in [0.5, 0.6) is 0 Å². The molecule has 0 radical (unpaired) electrons. The summed E-state index contributed by atoms with van der Waals surface area (Å²) in [7, 11) is 0. The van der Waals surface area contributed by atoms with Gasteiger partial charge in [-0.3, -0.25) is 0 Å². The lowest BCUT2D eigenvalue weighted by molar-refractivity contribution is 0.0474. The standard InChI is InChI=1S/C22H18N4O2/c23-20-18-12-14(10-11-19(18)25-22(24)26-20)13-28-21(27)17-9-5-4-8-16(17)15-6-2-1-3-7-15/h1-12H,13H2,(H4,23,24,25,26). The van der Waals surface area contributed by atoms with Gasteiger partial charge in [-0.2, -0.15) is 4.98 Å². The first-order valence-electron chi connectivity index (χ1n) is 8.75. The summed E-state index contributed by atoms with van der Waals surface area (Å²) >= 11 is 0. The molecule has 6 heteroatoms. The van der Waals surface area contributed by atoms with Gasteiger partial charge in [-0.15, -0.1) is 0 Å². The summed E-state index contributed by atoms with van der Waals surface area (Å²) in [5, 5.41) is 0.674. The van der Waals surface area contributed by atoms with Crippen molar-refractivity contribution in [2.45, 2.75) is 6.61 Å². The number of aromatic nitrogens is 2. The Bertz CT molecular complexity index is 1160. The van der Waals surface area contributed by atoms with Crippen LogP contribution in [0.3, 0.4) is 0 Å². The van der Waals surface area contributed by atoms with E-state index in [-0.39, 0.29) is 18.5 Å². The Labute approximate surface area is 161 Å². The fourth-order valence-electron chi connectivity index (χ4n) is 3.06. The molecular formula is C22H18N4O2. The lowest BCUT2D eigenvalue weighted by Gasteiger charge is -2.10. The summed E-state index contributed by atoms with van der Waals surface area (Å²) in [5.74, 6) is 0.0351. The summed E-state index contributed by atoms with van der Waals surface area (Å²) in [5.41, 5.74) is 15.3. The van der Waals surface area contributed by atoms with Crippen LogP contribution in [0.4, 0.5) is 11.8 Å². The van der Waals surface area contributed by atoms with E-state index in [1.807, 2.05) is 54.6 Å². The van der Waals surface area contributed by atoms with E-state index in [2.05, 4.69) is 9.97 Å². The van der Waals surface area contributed by atoms with Gasteiger partial charge in [0.25, 0.3) is 0 Å². The van der Waals surface area contributed by atoms with Crippen molar-refractivity contribution in [1.29, 1.82) is 0 Å². The van der Waals surface area contributed by atoms with Crippen LogP contribution >= 0.6 is 0 Å². The molecule has 0 fully saturated rings. The van der Waals surface area contributed by atoms with E-state index >= 15 is 0 Å². The minimum Gasteiger partial charge on any atom is -0.457 e. The smallest absolute Gasteiger partial charge is 0.339 e.